The van der Waals surface area contributed by atoms with E-state index in [4.69, 9.17) is 4.42 Å². The highest BCUT2D eigenvalue weighted by atomic mass is 16.4. The number of aliphatic hydroxyl groups is 1. The van der Waals surface area contributed by atoms with Gasteiger partial charge in [0, 0.05) is 6.92 Å². The second kappa shape index (κ2) is 7.26. The Hall–Kier alpha value is -1.82. The molecule has 0 aliphatic heterocycles. The molecule has 2 amide bonds. The van der Waals surface area contributed by atoms with Gasteiger partial charge in [0.15, 0.2) is 0 Å². The van der Waals surface area contributed by atoms with Crippen LogP contribution in [0.4, 0.5) is 0 Å². The molecule has 0 radical (unpaired) electrons. The van der Waals surface area contributed by atoms with Crippen LogP contribution >= 0.6 is 0 Å². The summed E-state index contributed by atoms with van der Waals surface area (Å²) < 4.78 is 5.08. The lowest BCUT2D eigenvalue weighted by molar-refractivity contribution is -0.129. The summed E-state index contributed by atoms with van der Waals surface area (Å²) in [7, 11) is 0. The maximum Gasteiger partial charge on any atom is 0.242 e. The fraction of sp³-hybridized carbons (Fsp3) is 0.600. The maximum atomic E-state index is 12.3. The summed E-state index contributed by atoms with van der Waals surface area (Å²) in [6.07, 6.45) is 4.65. The molecule has 2 atom stereocenters. The average Bonchev–Trinajstić information content (AvgIpc) is 3.13. The van der Waals surface area contributed by atoms with Crippen LogP contribution in [0.3, 0.4) is 0 Å². The van der Waals surface area contributed by atoms with E-state index in [-0.39, 0.29) is 24.3 Å². The second-order valence-corrected chi connectivity index (χ2v) is 5.50. The normalized spacial score (nSPS) is 18.2. The predicted molar refractivity (Wildman–Crippen MR) is 76.2 cm³/mol. The van der Waals surface area contributed by atoms with Crippen molar-refractivity contribution in [1.82, 2.24) is 10.6 Å². The molecule has 1 saturated carbocycles. The SMILES string of the molecule is CC(=O)N[C@H](C(=O)NC[C@@H](O)c1ccco1)C1CCCC1. The highest BCUT2D eigenvalue weighted by molar-refractivity contribution is 5.87. The Morgan fingerprint density at radius 1 is 1.43 bits per heavy atom. The fourth-order valence-electron chi connectivity index (χ4n) is 2.80. The second-order valence-electron chi connectivity index (χ2n) is 5.50. The Morgan fingerprint density at radius 3 is 2.71 bits per heavy atom. The summed E-state index contributed by atoms with van der Waals surface area (Å²) in [6, 6.07) is 2.81. The molecular weight excluding hydrogens is 272 g/mol. The van der Waals surface area contributed by atoms with Crippen LogP contribution in [0.25, 0.3) is 0 Å². The average molecular weight is 294 g/mol. The van der Waals surface area contributed by atoms with E-state index < -0.39 is 12.1 Å². The van der Waals surface area contributed by atoms with Crippen molar-refractivity contribution in [3.05, 3.63) is 24.2 Å². The van der Waals surface area contributed by atoms with Crippen LogP contribution in [-0.4, -0.2) is 29.5 Å². The van der Waals surface area contributed by atoms with E-state index in [0.717, 1.165) is 25.7 Å². The molecule has 0 unspecified atom stereocenters. The quantitative estimate of drug-likeness (QED) is 0.733. The summed E-state index contributed by atoms with van der Waals surface area (Å²) in [5.41, 5.74) is 0. The number of amides is 2. The van der Waals surface area contributed by atoms with Gasteiger partial charge in [-0.2, -0.15) is 0 Å². The first-order valence-electron chi connectivity index (χ1n) is 7.34. The molecule has 0 spiro atoms. The summed E-state index contributed by atoms with van der Waals surface area (Å²) >= 11 is 0. The number of hydrogen-bond acceptors (Lipinski definition) is 4. The molecule has 1 aromatic rings. The number of furan rings is 1. The minimum absolute atomic E-state index is 0.0646. The van der Waals surface area contributed by atoms with E-state index in [9.17, 15) is 14.7 Å². The van der Waals surface area contributed by atoms with Gasteiger partial charge in [0.1, 0.15) is 17.9 Å². The molecular formula is C15H22N2O4. The van der Waals surface area contributed by atoms with Crippen LogP contribution in [0.5, 0.6) is 0 Å². The van der Waals surface area contributed by atoms with Gasteiger partial charge in [-0.25, -0.2) is 0 Å². The molecule has 1 aliphatic rings. The molecule has 3 N–H and O–H groups in total. The van der Waals surface area contributed by atoms with E-state index in [1.807, 2.05) is 0 Å². The van der Waals surface area contributed by atoms with Crippen LogP contribution in [0.15, 0.2) is 22.8 Å². The lowest BCUT2D eigenvalue weighted by Gasteiger charge is -2.23. The zero-order chi connectivity index (χ0) is 15.2. The Morgan fingerprint density at radius 2 is 2.14 bits per heavy atom. The van der Waals surface area contributed by atoms with Crippen molar-refractivity contribution in [2.75, 3.05) is 6.54 Å². The highest BCUT2D eigenvalue weighted by Crippen LogP contribution is 2.28. The van der Waals surface area contributed by atoms with Crippen molar-refractivity contribution < 1.29 is 19.1 Å². The van der Waals surface area contributed by atoms with Gasteiger partial charge in [-0.05, 0) is 30.9 Å². The van der Waals surface area contributed by atoms with E-state index in [1.54, 1.807) is 12.1 Å². The summed E-state index contributed by atoms with van der Waals surface area (Å²) in [4.78, 5) is 23.6. The smallest absolute Gasteiger partial charge is 0.242 e. The number of rotatable bonds is 6. The molecule has 0 aromatic carbocycles. The van der Waals surface area contributed by atoms with Crippen molar-refractivity contribution in [2.45, 2.75) is 44.8 Å². The van der Waals surface area contributed by atoms with Gasteiger partial charge in [0.25, 0.3) is 0 Å². The molecule has 1 heterocycles. The molecule has 6 heteroatoms. The summed E-state index contributed by atoms with van der Waals surface area (Å²) in [5.74, 6) is 0.123. The van der Waals surface area contributed by atoms with Crippen molar-refractivity contribution >= 4 is 11.8 Å². The fourth-order valence-corrected chi connectivity index (χ4v) is 2.80. The van der Waals surface area contributed by atoms with E-state index in [2.05, 4.69) is 10.6 Å². The number of carbonyl (C=O) groups excluding carboxylic acids is 2. The van der Waals surface area contributed by atoms with Crippen molar-refractivity contribution in [1.29, 1.82) is 0 Å². The largest absolute Gasteiger partial charge is 0.467 e. The Bertz CT molecular complexity index is 466. The van der Waals surface area contributed by atoms with Crippen molar-refractivity contribution in [3.8, 4) is 0 Å². The Balaban J connectivity index is 1.90. The van der Waals surface area contributed by atoms with Gasteiger partial charge in [-0.1, -0.05) is 12.8 Å². The van der Waals surface area contributed by atoms with Gasteiger partial charge >= 0.3 is 0 Å². The molecule has 116 valence electrons. The maximum absolute atomic E-state index is 12.3. The standard InChI is InChI=1S/C15H22N2O4/c1-10(18)17-14(11-5-2-3-6-11)15(20)16-9-12(19)13-7-4-8-21-13/h4,7-8,11-12,14,19H,2-3,5-6,9H2,1H3,(H,16,20)(H,17,18)/t12-,14+/m1/s1. The zero-order valence-electron chi connectivity index (χ0n) is 12.2. The lowest BCUT2D eigenvalue weighted by Crippen LogP contribution is -2.50. The van der Waals surface area contributed by atoms with Gasteiger partial charge in [-0.3, -0.25) is 9.59 Å². The summed E-state index contributed by atoms with van der Waals surface area (Å²) in [5, 5.41) is 15.3. The third kappa shape index (κ3) is 4.32. The number of aliphatic hydroxyl groups excluding tert-OH is 1. The summed E-state index contributed by atoms with van der Waals surface area (Å²) in [6.45, 7) is 1.47. The molecule has 0 saturated heterocycles. The first-order chi connectivity index (χ1) is 10.1. The molecule has 2 rings (SSSR count). The first-order valence-corrected chi connectivity index (χ1v) is 7.34. The van der Waals surface area contributed by atoms with Gasteiger partial charge in [-0.15, -0.1) is 0 Å². The monoisotopic (exact) mass is 294 g/mol. The van der Waals surface area contributed by atoms with E-state index >= 15 is 0 Å². The molecule has 1 fully saturated rings. The molecule has 1 aromatic heterocycles. The van der Waals surface area contributed by atoms with Crippen LogP contribution < -0.4 is 10.6 Å². The zero-order valence-corrected chi connectivity index (χ0v) is 12.2. The van der Waals surface area contributed by atoms with Crippen molar-refractivity contribution in [3.63, 3.8) is 0 Å². The molecule has 6 nitrogen and oxygen atoms in total. The van der Waals surface area contributed by atoms with Crippen LogP contribution in [0.2, 0.25) is 0 Å². The number of nitrogens with one attached hydrogen (secondary N) is 2. The molecule has 1 aliphatic carbocycles. The topological polar surface area (TPSA) is 91.6 Å². The minimum Gasteiger partial charge on any atom is -0.467 e. The Kier molecular flexibility index (Phi) is 5.38. The van der Waals surface area contributed by atoms with Gasteiger partial charge < -0.3 is 20.2 Å². The van der Waals surface area contributed by atoms with Crippen LogP contribution in [0.1, 0.15) is 44.5 Å². The lowest BCUT2D eigenvalue weighted by atomic mass is 9.97. The van der Waals surface area contributed by atoms with E-state index in [1.165, 1.54) is 13.2 Å². The highest BCUT2D eigenvalue weighted by Gasteiger charge is 2.31. The number of carbonyl (C=O) groups is 2. The molecule has 0 bridgehead atoms. The third-order valence-corrected chi connectivity index (χ3v) is 3.85. The predicted octanol–water partition coefficient (Wildman–Crippen LogP) is 1.12. The minimum atomic E-state index is -0.884. The Labute approximate surface area is 123 Å². The third-order valence-electron chi connectivity index (χ3n) is 3.85. The molecule has 21 heavy (non-hydrogen) atoms. The first kappa shape index (κ1) is 15.6. The van der Waals surface area contributed by atoms with Crippen molar-refractivity contribution in [2.24, 2.45) is 5.92 Å². The van der Waals surface area contributed by atoms with E-state index in [0.29, 0.717) is 5.76 Å². The van der Waals surface area contributed by atoms with Crippen LogP contribution in [-0.2, 0) is 9.59 Å². The van der Waals surface area contributed by atoms with Gasteiger partial charge in [0.2, 0.25) is 11.8 Å². The number of hydrogen-bond donors (Lipinski definition) is 3. The van der Waals surface area contributed by atoms with Crippen LogP contribution in [0, 0.1) is 5.92 Å². The van der Waals surface area contributed by atoms with Gasteiger partial charge in [0.05, 0.1) is 12.8 Å².